The van der Waals surface area contributed by atoms with E-state index >= 15 is 0 Å². The number of nitrogens with one attached hydrogen (secondary N) is 1. The normalized spacial score (nSPS) is 12.3. The number of nitrogens with zero attached hydrogens (tertiary/aromatic N) is 2. The maximum Gasteiger partial charge on any atom is 0.416 e. The van der Waals surface area contributed by atoms with Crippen molar-refractivity contribution in [2.24, 2.45) is 0 Å². The van der Waals surface area contributed by atoms with Gasteiger partial charge in [0.25, 0.3) is 0 Å². The third-order valence-electron chi connectivity index (χ3n) is 3.99. The Balaban J connectivity index is 2.02. The van der Waals surface area contributed by atoms with Crippen LogP contribution >= 0.6 is 0 Å². The predicted octanol–water partition coefficient (Wildman–Crippen LogP) is 4.83. The highest BCUT2D eigenvalue weighted by molar-refractivity contribution is 6.07. The lowest BCUT2D eigenvalue weighted by atomic mass is 10.2. The second-order valence-corrected chi connectivity index (χ2v) is 5.44. The first-order valence-electron chi connectivity index (χ1n) is 7.08. The third kappa shape index (κ3) is 2.02. The van der Waals surface area contributed by atoms with Crippen LogP contribution in [0, 0.1) is 6.92 Å². The zero-order chi connectivity index (χ0) is 16.2. The van der Waals surface area contributed by atoms with Crippen LogP contribution in [-0.2, 0) is 6.18 Å². The summed E-state index contributed by atoms with van der Waals surface area (Å²) >= 11 is 0. The monoisotopic (exact) mass is 315 g/mol. The molecule has 0 fully saturated rings. The van der Waals surface area contributed by atoms with E-state index < -0.39 is 11.7 Å². The van der Waals surface area contributed by atoms with Gasteiger partial charge in [0.05, 0.1) is 22.3 Å². The van der Waals surface area contributed by atoms with Gasteiger partial charge < -0.3 is 4.57 Å². The van der Waals surface area contributed by atoms with Crippen molar-refractivity contribution in [3.05, 3.63) is 59.8 Å². The fraction of sp³-hybridized carbons (Fsp3) is 0.118. The van der Waals surface area contributed by atoms with Crippen molar-refractivity contribution < 1.29 is 13.2 Å². The lowest BCUT2D eigenvalue weighted by molar-refractivity contribution is -0.137. The molecule has 0 atom stereocenters. The van der Waals surface area contributed by atoms with Gasteiger partial charge in [-0.3, -0.25) is 5.10 Å². The first-order valence-corrected chi connectivity index (χ1v) is 7.08. The van der Waals surface area contributed by atoms with Gasteiger partial charge in [-0.1, -0.05) is 18.2 Å². The number of para-hydroxylation sites is 1. The van der Waals surface area contributed by atoms with E-state index in [4.69, 9.17) is 0 Å². The number of halogens is 3. The minimum atomic E-state index is -4.34. The topological polar surface area (TPSA) is 33.6 Å². The van der Waals surface area contributed by atoms with Gasteiger partial charge in [-0.15, -0.1) is 0 Å². The van der Waals surface area contributed by atoms with Gasteiger partial charge in [0, 0.05) is 11.1 Å². The molecule has 116 valence electrons. The Labute approximate surface area is 129 Å². The Morgan fingerprint density at radius 3 is 2.39 bits per heavy atom. The average Bonchev–Trinajstić information content (AvgIpc) is 3.05. The Kier molecular flexibility index (Phi) is 2.78. The molecule has 0 aliphatic rings. The number of alkyl halides is 3. The highest BCUT2D eigenvalue weighted by atomic mass is 19.4. The first-order chi connectivity index (χ1) is 11.0. The Hall–Kier alpha value is -2.76. The SMILES string of the molecule is Cc1[nH]nc2c3ccccc3n(-c3ccc(C(F)(F)F)cc3)c12. The molecule has 1 N–H and O–H groups in total. The number of H-pyrrole nitrogens is 1. The smallest absolute Gasteiger partial charge is 0.306 e. The molecule has 6 heteroatoms. The van der Waals surface area contributed by atoms with E-state index in [0.717, 1.165) is 39.8 Å². The highest BCUT2D eigenvalue weighted by Crippen LogP contribution is 2.34. The van der Waals surface area contributed by atoms with Crippen LogP contribution in [0.1, 0.15) is 11.3 Å². The van der Waals surface area contributed by atoms with Crippen LogP contribution in [0.25, 0.3) is 27.6 Å². The molecule has 0 unspecified atom stereocenters. The standard InChI is InChI=1S/C17H12F3N3/c1-10-16-15(22-21-10)13-4-2-3-5-14(13)23(16)12-8-6-11(7-9-12)17(18,19)20/h2-9H,1H3,(H,21,22). The van der Waals surface area contributed by atoms with Crippen LogP contribution in [0.2, 0.25) is 0 Å². The summed E-state index contributed by atoms with van der Waals surface area (Å²) in [5, 5.41) is 8.23. The lowest BCUT2D eigenvalue weighted by Gasteiger charge is -2.10. The van der Waals surface area contributed by atoms with Crippen LogP contribution in [0.5, 0.6) is 0 Å². The van der Waals surface area contributed by atoms with Crippen LogP contribution in [0.4, 0.5) is 13.2 Å². The fourth-order valence-corrected chi connectivity index (χ4v) is 2.94. The van der Waals surface area contributed by atoms with Crippen LogP contribution in [-0.4, -0.2) is 14.8 Å². The molecule has 2 heterocycles. The summed E-state index contributed by atoms with van der Waals surface area (Å²) < 4.78 is 40.2. The van der Waals surface area contributed by atoms with Crippen molar-refractivity contribution in [2.45, 2.75) is 13.1 Å². The number of fused-ring (bicyclic) bond motifs is 3. The van der Waals surface area contributed by atoms with E-state index in [1.165, 1.54) is 12.1 Å². The van der Waals surface area contributed by atoms with Gasteiger partial charge in [-0.2, -0.15) is 18.3 Å². The first kappa shape index (κ1) is 13.9. The molecular formula is C17H12F3N3. The van der Waals surface area contributed by atoms with E-state index in [0.29, 0.717) is 5.69 Å². The van der Waals surface area contributed by atoms with Crippen molar-refractivity contribution in [3.63, 3.8) is 0 Å². The van der Waals surface area contributed by atoms with Gasteiger partial charge >= 0.3 is 6.18 Å². The Morgan fingerprint density at radius 1 is 1.00 bits per heavy atom. The second kappa shape index (κ2) is 4.62. The summed E-state index contributed by atoms with van der Waals surface area (Å²) in [6, 6.07) is 12.9. The van der Waals surface area contributed by atoms with E-state index in [2.05, 4.69) is 10.2 Å². The van der Waals surface area contributed by atoms with Crippen molar-refractivity contribution in [1.29, 1.82) is 0 Å². The summed E-state index contributed by atoms with van der Waals surface area (Å²) in [4.78, 5) is 0. The summed E-state index contributed by atoms with van der Waals surface area (Å²) in [5.74, 6) is 0. The lowest BCUT2D eigenvalue weighted by Crippen LogP contribution is -2.05. The number of hydrogen-bond acceptors (Lipinski definition) is 1. The Bertz CT molecular complexity index is 1010. The van der Waals surface area contributed by atoms with E-state index in [1.807, 2.05) is 35.8 Å². The van der Waals surface area contributed by atoms with E-state index in [-0.39, 0.29) is 0 Å². The van der Waals surface area contributed by atoms with Gasteiger partial charge in [0.2, 0.25) is 0 Å². The zero-order valence-electron chi connectivity index (χ0n) is 12.1. The van der Waals surface area contributed by atoms with Crippen LogP contribution in [0.3, 0.4) is 0 Å². The molecule has 4 aromatic rings. The van der Waals surface area contributed by atoms with Crippen molar-refractivity contribution in [2.75, 3.05) is 0 Å². The molecule has 0 bridgehead atoms. The van der Waals surface area contributed by atoms with Gasteiger partial charge in [-0.05, 0) is 37.3 Å². The van der Waals surface area contributed by atoms with Gasteiger partial charge in [-0.25, -0.2) is 0 Å². The molecule has 0 spiro atoms. The fourth-order valence-electron chi connectivity index (χ4n) is 2.94. The third-order valence-corrected chi connectivity index (χ3v) is 3.99. The number of hydrogen-bond donors (Lipinski definition) is 1. The summed E-state index contributed by atoms with van der Waals surface area (Å²) in [6.07, 6.45) is -4.34. The van der Waals surface area contributed by atoms with Crippen molar-refractivity contribution in [3.8, 4) is 5.69 Å². The Morgan fingerprint density at radius 2 is 1.70 bits per heavy atom. The molecule has 2 aromatic heterocycles. The molecule has 0 saturated carbocycles. The maximum atomic E-state index is 12.8. The molecule has 0 radical (unpaired) electrons. The number of rotatable bonds is 1. The minimum absolute atomic E-state index is 0.655. The molecule has 4 rings (SSSR count). The quantitative estimate of drug-likeness (QED) is 0.536. The maximum absolute atomic E-state index is 12.8. The molecule has 0 saturated heterocycles. The predicted molar refractivity (Wildman–Crippen MR) is 82.7 cm³/mol. The van der Waals surface area contributed by atoms with E-state index in [9.17, 15) is 13.2 Å². The average molecular weight is 315 g/mol. The second-order valence-electron chi connectivity index (χ2n) is 5.44. The minimum Gasteiger partial charge on any atom is -0.306 e. The molecular weight excluding hydrogens is 303 g/mol. The van der Waals surface area contributed by atoms with Crippen LogP contribution in [0.15, 0.2) is 48.5 Å². The number of benzene rings is 2. The highest BCUT2D eigenvalue weighted by Gasteiger charge is 2.30. The summed E-state index contributed by atoms with van der Waals surface area (Å²) in [6.45, 7) is 1.90. The van der Waals surface area contributed by atoms with Gasteiger partial charge in [0.1, 0.15) is 5.52 Å². The van der Waals surface area contributed by atoms with Gasteiger partial charge in [0.15, 0.2) is 0 Å². The summed E-state index contributed by atoms with van der Waals surface area (Å²) in [7, 11) is 0. The summed E-state index contributed by atoms with van der Waals surface area (Å²) in [5.41, 5.74) is 3.51. The number of aromatic amines is 1. The largest absolute Gasteiger partial charge is 0.416 e. The molecule has 0 aliphatic heterocycles. The van der Waals surface area contributed by atoms with Crippen LogP contribution < -0.4 is 0 Å². The molecule has 0 amide bonds. The molecule has 2 aromatic carbocycles. The molecule has 3 nitrogen and oxygen atoms in total. The van der Waals surface area contributed by atoms with Crippen molar-refractivity contribution >= 4 is 21.9 Å². The molecule has 0 aliphatic carbocycles. The zero-order valence-corrected chi connectivity index (χ0v) is 12.1. The number of aromatic nitrogens is 3. The number of aryl methyl sites for hydroxylation is 1. The van der Waals surface area contributed by atoms with Crippen molar-refractivity contribution in [1.82, 2.24) is 14.8 Å². The molecule has 23 heavy (non-hydrogen) atoms. The van der Waals surface area contributed by atoms with E-state index in [1.54, 1.807) is 0 Å².